The summed E-state index contributed by atoms with van der Waals surface area (Å²) in [5, 5.41) is 2.68. The van der Waals surface area contributed by atoms with Crippen LogP contribution in [-0.2, 0) is 63.7 Å². The van der Waals surface area contributed by atoms with Gasteiger partial charge in [-0.25, -0.2) is 0 Å². The van der Waals surface area contributed by atoms with Crippen LogP contribution in [0.2, 0.25) is 0 Å². The zero-order valence-electron chi connectivity index (χ0n) is 25.2. The Labute approximate surface area is 254 Å². The van der Waals surface area contributed by atoms with E-state index in [9.17, 15) is 28.8 Å². The molecular formula is C29H37NO14. The van der Waals surface area contributed by atoms with Gasteiger partial charge in [0.1, 0.15) is 25.1 Å². The molecule has 1 aliphatic heterocycles. The van der Waals surface area contributed by atoms with Gasteiger partial charge in [0.05, 0.1) is 18.8 Å². The van der Waals surface area contributed by atoms with Crippen LogP contribution in [0.25, 0.3) is 0 Å². The van der Waals surface area contributed by atoms with E-state index in [4.69, 9.17) is 37.9 Å². The van der Waals surface area contributed by atoms with Gasteiger partial charge in [0.25, 0.3) is 5.91 Å². The highest BCUT2D eigenvalue weighted by Crippen LogP contribution is 2.32. The number of benzene rings is 1. The molecule has 5 atom stereocenters. The molecule has 1 aromatic carbocycles. The molecule has 0 spiro atoms. The molecule has 1 aliphatic rings. The van der Waals surface area contributed by atoms with Crippen molar-refractivity contribution in [2.45, 2.75) is 71.9 Å². The number of nitrogens with one attached hydrogen (secondary N) is 1. The molecule has 0 bridgehead atoms. The van der Waals surface area contributed by atoms with E-state index < -0.39 is 73.1 Å². The summed E-state index contributed by atoms with van der Waals surface area (Å²) in [5.74, 6) is -4.31. The number of esters is 5. The second kappa shape index (κ2) is 17.6. The second-order valence-corrected chi connectivity index (χ2v) is 9.42. The lowest BCUT2D eigenvalue weighted by Crippen LogP contribution is -2.63. The van der Waals surface area contributed by atoms with Crippen molar-refractivity contribution in [1.29, 1.82) is 0 Å². The lowest BCUT2D eigenvalue weighted by molar-refractivity contribution is -0.288. The molecular weight excluding hydrogens is 586 g/mol. The van der Waals surface area contributed by atoms with Crippen molar-refractivity contribution in [3.63, 3.8) is 0 Å². The van der Waals surface area contributed by atoms with Crippen LogP contribution < -0.4 is 10.1 Å². The molecule has 1 aromatic rings. The molecule has 1 N–H and O–H groups in total. The van der Waals surface area contributed by atoms with Gasteiger partial charge < -0.3 is 43.2 Å². The highest BCUT2D eigenvalue weighted by atomic mass is 16.7. The molecule has 1 fully saturated rings. The summed E-state index contributed by atoms with van der Waals surface area (Å²) in [6.45, 7) is 9.19. The summed E-state index contributed by atoms with van der Waals surface area (Å²) >= 11 is 0. The number of carbonyl (C=O) groups excluding carboxylic acids is 6. The van der Waals surface area contributed by atoms with Crippen LogP contribution in [0.3, 0.4) is 0 Å². The summed E-state index contributed by atoms with van der Waals surface area (Å²) in [6, 6.07) is 4.34. The van der Waals surface area contributed by atoms with Crippen LogP contribution in [0, 0.1) is 0 Å². The van der Waals surface area contributed by atoms with Crippen LogP contribution in [0.1, 0.15) is 50.5 Å². The summed E-state index contributed by atoms with van der Waals surface area (Å²) in [4.78, 5) is 72.3. The molecule has 1 heterocycles. The Kier molecular flexibility index (Phi) is 14.3. The van der Waals surface area contributed by atoms with Crippen molar-refractivity contribution in [1.82, 2.24) is 5.32 Å². The minimum Gasteiger partial charge on any atom is -0.463 e. The summed E-state index contributed by atoms with van der Waals surface area (Å²) in [5.41, 5.74) is 0.424. The van der Waals surface area contributed by atoms with E-state index >= 15 is 0 Å². The van der Waals surface area contributed by atoms with Gasteiger partial charge in [0, 0.05) is 41.2 Å². The number of hydrogen-bond donors (Lipinski definition) is 1. The van der Waals surface area contributed by atoms with Crippen LogP contribution in [-0.4, -0.2) is 92.8 Å². The monoisotopic (exact) mass is 623 g/mol. The Morgan fingerprint density at radius 3 is 2.05 bits per heavy atom. The average molecular weight is 624 g/mol. The first-order chi connectivity index (χ1) is 20.8. The van der Waals surface area contributed by atoms with Gasteiger partial charge in [-0.1, -0.05) is 12.1 Å². The first-order valence-corrected chi connectivity index (χ1v) is 13.5. The lowest BCUT2D eigenvalue weighted by Gasteiger charge is -2.44. The molecule has 0 aliphatic carbocycles. The maximum absolute atomic E-state index is 13.2. The molecule has 242 valence electrons. The Balaban J connectivity index is 2.53. The highest BCUT2D eigenvalue weighted by molar-refractivity contribution is 5.97. The van der Waals surface area contributed by atoms with Crippen molar-refractivity contribution >= 4 is 35.8 Å². The number of rotatable bonds is 15. The normalized spacial score (nSPS) is 20.8. The molecule has 1 saturated heterocycles. The zero-order chi connectivity index (χ0) is 32.8. The maximum atomic E-state index is 13.2. The van der Waals surface area contributed by atoms with Gasteiger partial charge in [-0.2, -0.15) is 0 Å². The molecule has 15 heteroatoms. The predicted molar refractivity (Wildman–Crippen MR) is 148 cm³/mol. The first kappa shape index (κ1) is 35.7. The van der Waals surface area contributed by atoms with Crippen molar-refractivity contribution in [2.24, 2.45) is 0 Å². The van der Waals surface area contributed by atoms with E-state index in [0.717, 1.165) is 27.7 Å². The number of amides is 1. The van der Waals surface area contributed by atoms with E-state index in [1.807, 2.05) is 0 Å². The van der Waals surface area contributed by atoms with E-state index in [2.05, 4.69) is 11.9 Å². The fourth-order valence-electron chi connectivity index (χ4n) is 4.04. The van der Waals surface area contributed by atoms with Crippen LogP contribution in [0.4, 0.5) is 0 Å². The Morgan fingerprint density at radius 2 is 1.45 bits per heavy atom. The fourth-order valence-corrected chi connectivity index (χ4v) is 4.04. The SMILES string of the molecule is C=CCOCCNC(=O)c1cc(COC(C)=O)ccc1O[C@@H]1O[C@H](COC(C)=O)[C@H](OC(C)=O)[C@H](OC(C)=O)[C@H]1OC(C)=O. The number of hydrogen-bond acceptors (Lipinski definition) is 14. The summed E-state index contributed by atoms with van der Waals surface area (Å²) in [7, 11) is 0. The van der Waals surface area contributed by atoms with Crippen molar-refractivity contribution in [2.75, 3.05) is 26.4 Å². The third kappa shape index (κ3) is 11.6. The smallest absolute Gasteiger partial charge is 0.303 e. The van der Waals surface area contributed by atoms with Crippen LogP contribution >= 0.6 is 0 Å². The van der Waals surface area contributed by atoms with Gasteiger partial charge in [-0.05, 0) is 17.7 Å². The van der Waals surface area contributed by atoms with E-state index in [1.54, 1.807) is 6.08 Å². The van der Waals surface area contributed by atoms with E-state index in [-0.39, 0.29) is 37.7 Å². The third-order valence-electron chi connectivity index (χ3n) is 5.69. The molecule has 0 radical (unpaired) electrons. The van der Waals surface area contributed by atoms with Gasteiger partial charge in [-0.15, -0.1) is 6.58 Å². The maximum Gasteiger partial charge on any atom is 0.303 e. The minimum absolute atomic E-state index is 0.0220. The Morgan fingerprint density at radius 1 is 0.841 bits per heavy atom. The van der Waals surface area contributed by atoms with Crippen molar-refractivity contribution < 1.29 is 66.7 Å². The fraction of sp³-hybridized carbons (Fsp3) is 0.517. The lowest BCUT2D eigenvalue weighted by atomic mass is 9.98. The minimum atomic E-state index is -1.57. The van der Waals surface area contributed by atoms with E-state index in [0.29, 0.717) is 5.56 Å². The molecule has 1 amide bonds. The molecule has 44 heavy (non-hydrogen) atoms. The predicted octanol–water partition coefficient (Wildman–Crippen LogP) is 1.14. The summed E-state index contributed by atoms with van der Waals surface area (Å²) in [6.07, 6.45) is -5.64. The second-order valence-electron chi connectivity index (χ2n) is 9.42. The molecule has 0 aromatic heterocycles. The van der Waals surface area contributed by atoms with Crippen LogP contribution in [0.5, 0.6) is 5.75 Å². The summed E-state index contributed by atoms with van der Waals surface area (Å²) < 4.78 is 43.6. The van der Waals surface area contributed by atoms with Gasteiger partial charge in [-0.3, -0.25) is 28.8 Å². The van der Waals surface area contributed by atoms with Gasteiger partial charge >= 0.3 is 29.8 Å². The topological polar surface area (TPSA) is 188 Å². The molecule has 0 saturated carbocycles. The zero-order valence-corrected chi connectivity index (χ0v) is 25.2. The first-order valence-electron chi connectivity index (χ1n) is 13.5. The quantitative estimate of drug-likeness (QED) is 0.127. The van der Waals surface area contributed by atoms with E-state index in [1.165, 1.54) is 25.1 Å². The largest absolute Gasteiger partial charge is 0.463 e. The average Bonchev–Trinajstić information content (AvgIpc) is 2.93. The molecule has 0 unspecified atom stereocenters. The van der Waals surface area contributed by atoms with Crippen molar-refractivity contribution in [3.05, 3.63) is 42.0 Å². The van der Waals surface area contributed by atoms with Crippen molar-refractivity contribution in [3.8, 4) is 5.75 Å². The number of ether oxygens (including phenoxy) is 8. The molecule has 2 rings (SSSR count). The third-order valence-corrected chi connectivity index (χ3v) is 5.69. The van der Waals surface area contributed by atoms with Gasteiger partial charge in [0.2, 0.25) is 12.4 Å². The Bertz CT molecular complexity index is 1210. The number of carbonyl (C=O) groups is 6. The highest BCUT2D eigenvalue weighted by Gasteiger charge is 2.53. The Hall–Kier alpha value is -4.50. The molecule has 15 nitrogen and oxygen atoms in total. The van der Waals surface area contributed by atoms with Crippen LogP contribution in [0.15, 0.2) is 30.9 Å². The standard InChI is InChI=1S/C29H37NO14/c1-7-11-37-12-10-30-28(36)22-13-21(14-38-16(2)31)8-9-23(22)43-29-27(42-20(6)35)26(41-19(5)34)25(40-18(4)33)24(44-29)15-39-17(3)32/h7-9,13,24-27,29H,1,10-12,14-15H2,2-6H3,(H,30,36)/t24-,25+,26+,27-,29-/m1/s1. The van der Waals surface area contributed by atoms with Gasteiger partial charge in [0.15, 0.2) is 12.2 Å².